The lowest BCUT2D eigenvalue weighted by Gasteiger charge is -2.22. The maximum atomic E-state index is 13.5. The van der Waals surface area contributed by atoms with Gasteiger partial charge in [0.25, 0.3) is 5.56 Å². The van der Waals surface area contributed by atoms with Gasteiger partial charge in [-0.3, -0.25) is 14.2 Å². The van der Waals surface area contributed by atoms with E-state index in [1.807, 2.05) is 13.8 Å². The number of methoxy groups -OCH3 is 1. The molecule has 41 heavy (non-hydrogen) atoms. The predicted octanol–water partition coefficient (Wildman–Crippen LogP) is 5.95. The van der Waals surface area contributed by atoms with Crippen molar-refractivity contribution in [2.24, 2.45) is 0 Å². The number of esters is 1. The van der Waals surface area contributed by atoms with Crippen LogP contribution in [0.1, 0.15) is 43.6 Å². The van der Waals surface area contributed by atoms with Crippen LogP contribution in [-0.2, 0) is 14.3 Å². The number of halogens is 3. The highest BCUT2D eigenvalue weighted by molar-refractivity contribution is 6.31. The Hall–Kier alpha value is -3.96. The minimum absolute atomic E-state index is 0.112. The molecule has 0 radical (unpaired) electrons. The lowest BCUT2D eigenvalue weighted by molar-refractivity contribution is -0.120. The minimum atomic E-state index is -3.11. The van der Waals surface area contributed by atoms with Crippen molar-refractivity contribution >= 4 is 29.2 Å². The zero-order valence-electron chi connectivity index (χ0n) is 23.0. The fourth-order valence-electron chi connectivity index (χ4n) is 4.00. The van der Waals surface area contributed by atoms with Gasteiger partial charge >= 0.3 is 12.6 Å². The van der Waals surface area contributed by atoms with E-state index >= 15 is 0 Å². The van der Waals surface area contributed by atoms with Crippen LogP contribution in [0, 0.1) is 0 Å². The number of pyridine rings is 1. The lowest BCUT2D eigenvalue weighted by Crippen LogP contribution is -2.34. The van der Waals surface area contributed by atoms with E-state index in [9.17, 15) is 23.2 Å². The summed E-state index contributed by atoms with van der Waals surface area (Å²) in [5, 5.41) is 2.98. The smallest absolute Gasteiger partial charge is 0.387 e. The fraction of sp³-hybridized carbons (Fsp3) is 0.345. The average molecular weight is 593 g/mol. The van der Waals surface area contributed by atoms with E-state index in [0.29, 0.717) is 11.3 Å². The summed E-state index contributed by atoms with van der Waals surface area (Å²) < 4.78 is 48.0. The molecule has 0 saturated heterocycles. The summed E-state index contributed by atoms with van der Waals surface area (Å²) in [5.74, 6) is -1.10. The summed E-state index contributed by atoms with van der Waals surface area (Å²) >= 11 is 6.10. The summed E-state index contributed by atoms with van der Waals surface area (Å²) in [6.45, 7) is 2.66. The molecule has 1 heterocycles. The second kappa shape index (κ2) is 14.6. The van der Waals surface area contributed by atoms with Gasteiger partial charge in [-0.2, -0.15) is 8.78 Å². The topological polar surface area (TPSA) is 105 Å². The number of amides is 1. The zero-order valence-corrected chi connectivity index (χ0v) is 23.7. The number of anilines is 1. The first-order valence-electron chi connectivity index (χ1n) is 12.8. The standard InChI is InChI=1S/C29H31ClF2N2O7/c1-5-39-28(37)18-6-9-20(10-7-18)33-27(36)23(12-13-40-17(2)3)34-16-25(38-4)22(15-26(34)35)21-14-19(30)8-11-24(21)41-29(31)32/h6-11,14-17,23,29H,5,12-13H2,1-4H3,(H,33,36). The van der Waals surface area contributed by atoms with E-state index in [4.69, 9.17) is 25.8 Å². The van der Waals surface area contributed by atoms with Crippen molar-refractivity contribution in [1.82, 2.24) is 4.57 Å². The van der Waals surface area contributed by atoms with Gasteiger partial charge in [-0.25, -0.2) is 4.79 Å². The van der Waals surface area contributed by atoms with Gasteiger partial charge < -0.3 is 24.3 Å². The molecule has 1 unspecified atom stereocenters. The third-order valence-corrected chi connectivity index (χ3v) is 6.09. The molecule has 0 spiro atoms. The van der Waals surface area contributed by atoms with Crippen LogP contribution in [0.4, 0.5) is 14.5 Å². The van der Waals surface area contributed by atoms with Crippen LogP contribution in [0.25, 0.3) is 11.1 Å². The van der Waals surface area contributed by atoms with Crippen molar-refractivity contribution < 1.29 is 37.3 Å². The molecule has 0 saturated carbocycles. The summed E-state index contributed by atoms with van der Waals surface area (Å²) in [5.41, 5.74) is 0.372. The second-order valence-electron chi connectivity index (χ2n) is 9.03. The number of carbonyl (C=O) groups excluding carboxylic acids is 2. The largest absolute Gasteiger partial charge is 0.495 e. The first kappa shape index (κ1) is 31.6. The molecule has 2 aromatic carbocycles. The molecule has 0 aliphatic carbocycles. The van der Waals surface area contributed by atoms with Gasteiger partial charge in [0.2, 0.25) is 5.91 Å². The molecule has 12 heteroatoms. The van der Waals surface area contributed by atoms with Crippen LogP contribution in [0.2, 0.25) is 5.02 Å². The lowest BCUT2D eigenvalue weighted by atomic mass is 10.0. The van der Waals surface area contributed by atoms with Gasteiger partial charge in [0, 0.05) is 40.9 Å². The molecule has 3 rings (SSSR count). The Balaban J connectivity index is 2.00. The van der Waals surface area contributed by atoms with Crippen molar-refractivity contribution in [2.45, 2.75) is 45.9 Å². The second-order valence-corrected chi connectivity index (χ2v) is 9.47. The first-order valence-corrected chi connectivity index (χ1v) is 13.2. The maximum Gasteiger partial charge on any atom is 0.387 e. The highest BCUT2D eigenvalue weighted by Crippen LogP contribution is 2.38. The van der Waals surface area contributed by atoms with E-state index in [1.54, 1.807) is 19.1 Å². The monoisotopic (exact) mass is 592 g/mol. The van der Waals surface area contributed by atoms with Crippen molar-refractivity contribution in [3.63, 3.8) is 0 Å². The van der Waals surface area contributed by atoms with E-state index in [-0.39, 0.29) is 53.4 Å². The van der Waals surface area contributed by atoms with Crippen molar-refractivity contribution in [3.8, 4) is 22.6 Å². The zero-order chi connectivity index (χ0) is 30.1. The van der Waals surface area contributed by atoms with Gasteiger partial charge in [-0.15, -0.1) is 0 Å². The number of carbonyl (C=O) groups is 2. The SMILES string of the molecule is CCOC(=O)c1ccc(NC(=O)C(CCOC(C)C)n2cc(OC)c(-c3cc(Cl)ccc3OC(F)F)cc2=O)cc1. The van der Waals surface area contributed by atoms with E-state index in [2.05, 4.69) is 10.1 Å². The molecule has 1 N–H and O–H groups in total. The molecule has 1 atom stereocenters. The minimum Gasteiger partial charge on any atom is -0.495 e. The molecule has 3 aromatic rings. The van der Waals surface area contributed by atoms with Gasteiger partial charge in [0.1, 0.15) is 17.5 Å². The number of nitrogens with zero attached hydrogens (tertiary/aromatic N) is 1. The normalized spacial score (nSPS) is 11.8. The third kappa shape index (κ3) is 8.51. The Kier molecular flexibility index (Phi) is 11.2. The van der Waals surface area contributed by atoms with Gasteiger partial charge in [0.05, 0.1) is 31.6 Å². The number of benzene rings is 2. The Bertz CT molecular complexity index is 1410. The highest BCUT2D eigenvalue weighted by atomic mass is 35.5. The summed E-state index contributed by atoms with van der Waals surface area (Å²) in [6, 6.07) is 10.3. The number of hydrogen-bond acceptors (Lipinski definition) is 7. The Morgan fingerprint density at radius 2 is 1.71 bits per heavy atom. The Morgan fingerprint density at radius 1 is 1.02 bits per heavy atom. The Morgan fingerprint density at radius 3 is 2.32 bits per heavy atom. The number of rotatable bonds is 13. The van der Waals surface area contributed by atoms with Crippen LogP contribution >= 0.6 is 11.6 Å². The number of alkyl halides is 2. The summed E-state index contributed by atoms with van der Waals surface area (Å²) in [4.78, 5) is 38.8. The molecule has 0 fully saturated rings. The van der Waals surface area contributed by atoms with Crippen LogP contribution < -0.4 is 20.3 Å². The van der Waals surface area contributed by atoms with E-state index in [1.165, 1.54) is 54.3 Å². The third-order valence-electron chi connectivity index (χ3n) is 5.86. The van der Waals surface area contributed by atoms with E-state index in [0.717, 1.165) is 0 Å². The average Bonchev–Trinajstić information content (AvgIpc) is 2.92. The van der Waals surface area contributed by atoms with Crippen LogP contribution in [0.3, 0.4) is 0 Å². The first-order chi connectivity index (χ1) is 19.5. The molecule has 1 amide bonds. The van der Waals surface area contributed by atoms with Crippen LogP contribution in [0.5, 0.6) is 11.5 Å². The molecule has 0 aliphatic rings. The van der Waals surface area contributed by atoms with Crippen LogP contribution in [-0.4, -0.2) is 49.5 Å². The van der Waals surface area contributed by atoms with Gasteiger partial charge in [-0.1, -0.05) is 11.6 Å². The van der Waals surface area contributed by atoms with Gasteiger partial charge in [0.15, 0.2) is 0 Å². The highest BCUT2D eigenvalue weighted by Gasteiger charge is 2.25. The molecule has 1 aromatic heterocycles. The van der Waals surface area contributed by atoms with Crippen molar-refractivity contribution in [2.75, 3.05) is 25.6 Å². The summed E-state index contributed by atoms with van der Waals surface area (Å²) in [6.07, 6.45) is 1.34. The predicted molar refractivity (Wildman–Crippen MR) is 150 cm³/mol. The van der Waals surface area contributed by atoms with Crippen LogP contribution in [0.15, 0.2) is 59.5 Å². The quantitative estimate of drug-likeness (QED) is 0.245. The molecular weight excluding hydrogens is 562 g/mol. The molecule has 220 valence electrons. The number of ether oxygens (including phenoxy) is 4. The molecule has 0 bridgehead atoms. The molecular formula is C29H31ClF2N2O7. The fourth-order valence-corrected chi connectivity index (χ4v) is 4.17. The number of aromatic nitrogens is 1. The summed E-state index contributed by atoms with van der Waals surface area (Å²) in [7, 11) is 1.34. The molecule has 0 aliphatic heterocycles. The number of nitrogens with one attached hydrogen (secondary N) is 1. The van der Waals surface area contributed by atoms with E-state index < -0.39 is 30.1 Å². The number of hydrogen-bond donors (Lipinski definition) is 1. The van der Waals surface area contributed by atoms with Crippen molar-refractivity contribution in [3.05, 3.63) is 75.7 Å². The van der Waals surface area contributed by atoms with Crippen molar-refractivity contribution in [1.29, 1.82) is 0 Å². The van der Waals surface area contributed by atoms with Gasteiger partial charge in [-0.05, 0) is 63.2 Å². The Labute approximate surface area is 240 Å². The molecule has 9 nitrogen and oxygen atoms in total. The maximum absolute atomic E-state index is 13.5.